The van der Waals surface area contributed by atoms with Gasteiger partial charge in [-0.05, 0) is 43.8 Å². The summed E-state index contributed by atoms with van der Waals surface area (Å²) in [6.45, 7) is 1.98. The van der Waals surface area contributed by atoms with Gasteiger partial charge in [0.1, 0.15) is 0 Å². The van der Waals surface area contributed by atoms with Gasteiger partial charge in [-0.2, -0.15) is 0 Å². The zero-order valence-corrected chi connectivity index (χ0v) is 12.2. The van der Waals surface area contributed by atoms with Crippen molar-refractivity contribution in [2.75, 3.05) is 13.1 Å². The van der Waals surface area contributed by atoms with E-state index in [-0.39, 0.29) is 5.91 Å². The number of nitrogens with one attached hydrogen (secondary N) is 2. The van der Waals surface area contributed by atoms with E-state index in [4.69, 9.17) is 12.2 Å². The molecule has 1 amide bonds. The molecule has 0 aromatic carbocycles. The number of hydrogen-bond donors (Lipinski definition) is 2. The summed E-state index contributed by atoms with van der Waals surface area (Å²) < 4.78 is 0. The smallest absolute Gasteiger partial charge is 0.220 e. The molecule has 0 spiro atoms. The molecule has 3 rings (SSSR count). The molecular formula is C14H23N3OS. The zero-order valence-electron chi connectivity index (χ0n) is 11.4. The first-order valence-corrected chi connectivity index (χ1v) is 7.98. The highest BCUT2D eigenvalue weighted by atomic mass is 32.1. The third-order valence-electron chi connectivity index (χ3n) is 4.79. The fraction of sp³-hybridized carbons (Fsp3) is 0.857. The number of carbonyl (C=O) groups excluding carboxylic acids is 1. The van der Waals surface area contributed by atoms with Crippen molar-refractivity contribution in [3.8, 4) is 0 Å². The van der Waals surface area contributed by atoms with Crippen molar-refractivity contribution in [1.29, 1.82) is 0 Å². The second-order valence-electron chi connectivity index (χ2n) is 6.14. The van der Waals surface area contributed by atoms with E-state index in [1.807, 2.05) is 0 Å². The number of nitrogens with zero attached hydrogens (tertiary/aromatic N) is 1. The number of carbonyl (C=O) groups is 1. The monoisotopic (exact) mass is 281 g/mol. The van der Waals surface area contributed by atoms with Crippen LogP contribution in [0, 0.1) is 5.92 Å². The van der Waals surface area contributed by atoms with Gasteiger partial charge < -0.3 is 15.5 Å². The van der Waals surface area contributed by atoms with E-state index >= 15 is 0 Å². The molecule has 5 heteroatoms. The standard InChI is InChI=1S/C14H23N3OS/c18-13-6-5-10-9-17(8-7-12(10)16-13)14(19)15-11-3-1-2-4-11/h10-12H,1-9H2,(H,15,19)(H,16,18). The molecule has 0 bridgehead atoms. The van der Waals surface area contributed by atoms with Gasteiger partial charge in [0.25, 0.3) is 0 Å². The molecule has 19 heavy (non-hydrogen) atoms. The molecular weight excluding hydrogens is 258 g/mol. The lowest BCUT2D eigenvalue weighted by atomic mass is 9.85. The number of piperidine rings is 2. The highest BCUT2D eigenvalue weighted by Crippen LogP contribution is 2.26. The molecule has 2 unspecified atom stereocenters. The van der Waals surface area contributed by atoms with E-state index in [0.29, 0.717) is 24.4 Å². The quantitative estimate of drug-likeness (QED) is 0.713. The molecule has 2 saturated heterocycles. The maximum absolute atomic E-state index is 11.4. The lowest BCUT2D eigenvalue weighted by Gasteiger charge is -2.42. The van der Waals surface area contributed by atoms with Crippen molar-refractivity contribution in [3.05, 3.63) is 0 Å². The minimum atomic E-state index is 0.223. The van der Waals surface area contributed by atoms with Gasteiger partial charge in [0.15, 0.2) is 5.11 Å². The lowest BCUT2D eigenvalue weighted by Crippen LogP contribution is -2.57. The van der Waals surface area contributed by atoms with Crippen LogP contribution in [0.4, 0.5) is 0 Å². The van der Waals surface area contributed by atoms with Crippen molar-refractivity contribution in [2.45, 2.75) is 57.0 Å². The minimum Gasteiger partial charge on any atom is -0.360 e. The van der Waals surface area contributed by atoms with Crippen LogP contribution in [-0.4, -0.2) is 41.1 Å². The van der Waals surface area contributed by atoms with Crippen LogP contribution < -0.4 is 10.6 Å². The summed E-state index contributed by atoms with van der Waals surface area (Å²) in [7, 11) is 0. The Kier molecular flexibility index (Phi) is 3.91. The van der Waals surface area contributed by atoms with Gasteiger partial charge in [-0.1, -0.05) is 12.8 Å². The lowest BCUT2D eigenvalue weighted by molar-refractivity contribution is -0.125. The summed E-state index contributed by atoms with van der Waals surface area (Å²) in [6.07, 6.45) is 7.90. The number of rotatable bonds is 1. The Labute approximate surface area is 120 Å². The first kappa shape index (κ1) is 13.2. The molecule has 2 heterocycles. The van der Waals surface area contributed by atoms with Crippen LogP contribution in [0.25, 0.3) is 0 Å². The normalized spacial score (nSPS) is 31.8. The molecule has 2 atom stereocenters. The van der Waals surface area contributed by atoms with E-state index < -0.39 is 0 Å². The molecule has 106 valence electrons. The minimum absolute atomic E-state index is 0.223. The molecule has 1 aliphatic carbocycles. The van der Waals surface area contributed by atoms with Crippen LogP contribution in [-0.2, 0) is 4.79 Å². The third-order valence-corrected chi connectivity index (χ3v) is 5.17. The second kappa shape index (κ2) is 5.65. The summed E-state index contributed by atoms with van der Waals surface area (Å²) in [4.78, 5) is 13.7. The first-order chi connectivity index (χ1) is 9.22. The van der Waals surface area contributed by atoms with E-state index in [9.17, 15) is 4.79 Å². The number of fused-ring (bicyclic) bond motifs is 1. The molecule has 0 aromatic rings. The molecule has 3 aliphatic rings. The SMILES string of the molecule is O=C1CCC2CN(C(=S)NC3CCCC3)CCC2N1. The van der Waals surface area contributed by atoms with Crippen molar-refractivity contribution in [2.24, 2.45) is 5.92 Å². The van der Waals surface area contributed by atoms with Crippen molar-refractivity contribution in [1.82, 2.24) is 15.5 Å². The predicted molar refractivity (Wildman–Crippen MR) is 78.8 cm³/mol. The van der Waals surface area contributed by atoms with Crippen molar-refractivity contribution >= 4 is 23.2 Å². The van der Waals surface area contributed by atoms with Crippen LogP contribution >= 0.6 is 12.2 Å². The van der Waals surface area contributed by atoms with Crippen LogP contribution in [0.3, 0.4) is 0 Å². The van der Waals surface area contributed by atoms with Crippen molar-refractivity contribution < 1.29 is 4.79 Å². The largest absolute Gasteiger partial charge is 0.360 e. The molecule has 0 aromatic heterocycles. The molecule has 3 fully saturated rings. The van der Waals surface area contributed by atoms with Gasteiger partial charge >= 0.3 is 0 Å². The van der Waals surface area contributed by atoms with E-state index in [0.717, 1.165) is 31.0 Å². The Balaban J connectivity index is 1.52. The number of amides is 1. The third kappa shape index (κ3) is 3.02. The molecule has 1 saturated carbocycles. The Morgan fingerprint density at radius 1 is 1.26 bits per heavy atom. The predicted octanol–water partition coefficient (Wildman–Crippen LogP) is 1.40. The maximum Gasteiger partial charge on any atom is 0.220 e. The highest BCUT2D eigenvalue weighted by molar-refractivity contribution is 7.80. The summed E-state index contributed by atoms with van der Waals surface area (Å²) >= 11 is 5.55. The van der Waals surface area contributed by atoms with Crippen LogP contribution in [0.2, 0.25) is 0 Å². The van der Waals surface area contributed by atoms with Gasteiger partial charge in [-0.15, -0.1) is 0 Å². The molecule has 4 nitrogen and oxygen atoms in total. The Bertz CT molecular complexity index is 368. The number of hydrogen-bond acceptors (Lipinski definition) is 2. The molecule has 0 radical (unpaired) electrons. The van der Waals surface area contributed by atoms with Crippen LogP contribution in [0.5, 0.6) is 0 Å². The molecule has 2 N–H and O–H groups in total. The highest BCUT2D eigenvalue weighted by Gasteiger charge is 2.34. The maximum atomic E-state index is 11.4. The average Bonchev–Trinajstić information content (AvgIpc) is 2.91. The topological polar surface area (TPSA) is 44.4 Å². The van der Waals surface area contributed by atoms with E-state index in [1.165, 1.54) is 25.7 Å². The summed E-state index contributed by atoms with van der Waals surface area (Å²) in [5.41, 5.74) is 0. The molecule has 2 aliphatic heterocycles. The first-order valence-electron chi connectivity index (χ1n) is 7.57. The van der Waals surface area contributed by atoms with Gasteiger partial charge in [0.05, 0.1) is 0 Å². The summed E-state index contributed by atoms with van der Waals surface area (Å²) in [5, 5.41) is 7.58. The summed E-state index contributed by atoms with van der Waals surface area (Å²) in [5.74, 6) is 0.802. The van der Waals surface area contributed by atoms with Gasteiger partial charge in [0, 0.05) is 31.6 Å². The van der Waals surface area contributed by atoms with Crippen LogP contribution in [0.15, 0.2) is 0 Å². The number of thiocarbonyl (C=S) groups is 1. The van der Waals surface area contributed by atoms with E-state index in [1.54, 1.807) is 0 Å². The van der Waals surface area contributed by atoms with Crippen molar-refractivity contribution in [3.63, 3.8) is 0 Å². The Hall–Kier alpha value is -0.840. The van der Waals surface area contributed by atoms with Gasteiger partial charge in [0.2, 0.25) is 5.91 Å². The van der Waals surface area contributed by atoms with E-state index in [2.05, 4.69) is 15.5 Å². The Morgan fingerprint density at radius 3 is 2.84 bits per heavy atom. The van der Waals surface area contributed by atoms with Crippen LogP contribution in [0.1, 0.15) is 44.9 Å². The fourth-order valence-electron chi connectivity index (χ4n) is 3.63. The summed E-state index contributed by atoms with van der Waals surface area (Å²) in [6, 6.07) is 0.975. The second-order valence-corrected chi connectivity index (χ2v) is 6.53. The Morgan fingerprint density at radius 2 is 2.05 bits per heavy atom. The fourth-order valence-corrected chi connectivity index (χ4v) is 3.96. The van der Waals surface area contributed by atoms with Gasteiger partial charge in [-0.25, -0.2) is 0 Å². The van der Waals surface area contributed by atoms with Gasteiger partial charge in [-0.3, -0.25) is 4.79 Å². The average molecular weight is 281 g/mol. The number of likely N-dealkylation sites (tertiary alicyclic amines) is 1. The zero-order chi connectivity index (χ0) is 13.2.